The van der Waals surface area contributed by atoms with Crippen LogP contribution in [0.5, 0.6) is 0 Å². The monoisotopic (exact) mass is 279 g/mol. The molecule has 1 rings (SSSR count). The fourth-order valence-electron chi connectivity index (χ4n) is 1.50. The number of primary amides is 1. The second-order valence-corrected chi connectivity index (χ2v) is 4.15. The highest BCUT2D eigenvalue weighted by Gasteiger charge is 2.14. The zero-order valence-electron chi connectivity index (χ0n) is 11.4. The summed E-state index contributed by atoms with van der Waals surface area (Å²) in [7, 11) is 2.78. The van der Waals surface area contributed by atoms with Crippen LogP contribution in [0.3, 0.4) is 0 Å². The van der Waals surface area contributed by atoms with Crippen molar-refractivity contribution in [2.75, 3.05) is 20.7 Å². The van der Waals surface area contributed by atoms with E-state index in [2.05, 4.69) is 10.1 Å². The van der Waals surface area contributed by atoms with E-state index in [4.69, 9.17) is 5.73 Å². The van der Waals surface area contributed by atoms with Crippen molar-refractivity contribution in [3.63, 3.8) is 0 Å². The summed E-state index contributed by atoms with van der Waals surface area (Å²) in [5, 5.41) is 2.45. The molecule has 0 aromatic heterocycles. The molecule has 0 bridgehead atoms. The smallest absolute Gasteiger partial charge is 0.325 e. The third kappa shape index (κ3) is 4.60. The van der Waals surface area contributed by atoms with Gasteiger partial charge in [-0.2, -0.15) is 0 Å². The highest BCUT2D eigenvalue weighted by molar-refractivity contribution is 5.95. The lowest BCUT2D eigenvalue weighted by Crippen LogP contribution is -2.32. The van der Waals surface area contributed by atoms with Crippen LogP contribution in [0.2, 0.25) is 0 Å². The average Bonchev–Trinajstić information content (AvgIpc) is 2.44. The lowest BCUT2D eigenvalue weighted by molar-refractivity contribution is -0.141. The number of ether oxygens (including phenoxy) is 1. The Morgan fingerprint density at radius 3 is 2.35 bits per heavy atom. The SMILES string of the molecule is COC(=O)CN(C)C(=O)c1ccc(CNC(N)=O)cc1. The number of hydrogen-bond donors (Lipinski definition) is 2. The molecular formula is C13H17N3O4. The Morgan fingerprint density at radius 1 is 1.25 bits per heavy atom. The summed E-state index contributed by atoms with van der Waals surface area (Å²) in [5.41, 5.74) is 6.22. The predicted molar refractivity (Wildman–Crippen MR) is 71.8 cm³/mol. The molecule has 7 nitrogen and oxygen atoms in total. The topological polar surface area (TPSA) is 102 Å². The summed E-state index contributed by atoms with van der Waals surface area (Å²) in [4.78, 5) is 34.9. The number of urea groups is 1. The van der Waals surface area contributed by atoms with Gasteiger partial charge >= 0.3 is 12.0 Å². The molecule has 0 aliphatic heterocycles. The maximum atomic E-state index is 12.0. The van der Waals surface area contributed by atoms with Gasteiger partial charge in [0, 0.05) is 19.2 Å². The van der Waals surface area contributed by atoms with Gasteiger partial charge in [0.25, 0.3) is 5.91 Å². The van der Waals surface area contributed by atoms with E-state index in [0.29, 0.717) is 12.1 Å². The lowest BCUT2D eigenvalue weighted by Gasteiger charge is -2.15. The predicted octanol–water partition coefficient (Wildman–Crippen LogP) is 0.0999. The Balaban J connectivity index is 2.65. The Labute approximate surface area is 116 Å². The molecular weight excluding hydrogens is 262 g/mol. The second-order valence-electron chi connectivity index (χ2n) is 4.15. The summed E-state index contributed by atoms with van der Waals surface area (Å²) in [5.74, 6) is -0.770. The summed E-state index contributed by atoms with van der Waals surface area (Å²) in [6, 6.07) is 6.04. The number of nitrogens with zero attached hydrogens (tertiary/aromatic N) is 1. The molecule has 0 radical (unpaired) electrons. The van der Waals surface area contributed by atoms with E-state index < -0.39 is 12.0 Å². The molecule has 3 amide bonds. The van der Waals surface area contributed by atoms with Gasteiger partial charge in [0.2, 0.25) is 0 Å². The number of nitrogens with one attached hydrogen (secondary N) is 1. The number of rotatable bonds is 5. The number of nitrogens with two attached hydrogens (primary N) is 1. The van der Waals surface area contributed by atoms with E-state index in [9.17, 15) is 14.4 Å². The minimum absolute atomic E-state index is 0.111. The minimum atomic E-state index is -0.608. The van der Waals surface area contributed by atoms with Gasteiger partial charge in [0.1, 0.15) is 6.54 Å². The first kappa shape index (κ1) is 15.5. The van der Waals surface area contributed by atoms with Crippen LogP contribution in [0.4, 0.5) is 4.79 Å². The van der Waals surface area contributed by atoms with Gasteiger partial charge in [-0.15, -0.1) is 0 Å². The van der Waals surface area contributed by atoms with Gasteiger partial charge in [-0.3, -0.25) is 9.59 Å². The molecule has 0 unspecified atom stereocenters. The summed E-state index contributed by atoms with van der Waals surface area (Å²) in [6.45, 7) is 0.183. The third-order valence-corrected chi connectivity index (χ3v) is 2.61. The van der Waals surface area contributed by atoms with Gasteiger partial charge < -0.3 is 20.7 Å². The van der Waals surface area contributed by atoms with Crippen LogP contribution in [0, 0.1) is 0 Å². The molecule has 0 heterocycles. The second kappa shape index (κ2) is 7.13. The molecule has 0 saturated carbocycles. The van der Waals surface area contributed by atoms with Crippen molar-refractivity contribution in [2.24, 2.45) is 5.73 Å². The van der Waals surface area contributed by atoms with Gasteiger partial charge in [-0.05, 0) is 17.7 Å². The van der Waals surface area contributed by atoms with Crippen LogP contribution in [0.25, 0.3) is 0 Å². The number of hydrogen-bond acceptors (Lipinski definition) is 4. The van der Waals surface area contributed by atoms with Gasteiger partial charge in [0.05, 0.1) is 7.11 Å². The number of amides is 3. The van der Waals surface area contributed by atoms with Crippen molar-refractivity contribution in [3.05, 3.63) is 35.4 Å². The molecule has 0 aliphatic carbocycles. The van der Waals surface area contributed by atoms with Crippen LogP contribution in [0.1, 0.15) is 15.9 Å². The zero-order chi connectivity index (χ0) is 15.1. The Bertz CT molecular complexity index is 499. The van der Waals surface area contributed by atoms with Gasteiger partial charge in [-0.25, -0.2) is 4.79 Å². The van der Waals surface area contributed by atoms with E-state index in [0.717, 1.165) is 5.56 Å². The molecule has 108 valence electrons. The number of carbonyl (C=O) groups is 3. The highest BCUT2D eigenvalue weighted by atomic mass is 16.5. The maximum absolute atomic E-state index is 12.0. The minimum Gasteiger partial charge on any atom is -0.468 e. The van der Waals surface area contributed by atoms with Crippen molar-refractivity contribution in [2.45, 2.75) is 6.54 Å². The summed E-state index contributed by atoms with van der Waals surface area (Å²) in [6.07, 6.45) is 0. The van der Waals surface area contributed by atoms with Crippen LogP contribution in [-0.2, 0) is 16.1 Å². The Hall–Kier alpha value is -2.57. The van der Waals surface area contributed by atoms with Crippen LogP contribution in [-0.4, -0.2) is 43.5 Å². The standard InChI is InChI=1S/C13H17N3O4/c1-16(8-11(17)20-2)12(18)10-5-3-9(4-6-10)7-15-13(14)19/h3-6H,7-8H2,1-2H3,(H3,14,15,19). The van der Waals surface area contributed by atoms with Crippen LogP contribution in [0.15, 0.2) is 24.3 Å². The third-order valence-electron chi connectivity index (χ3n) is 2.61. The fourth-order valence-corrected chi connectivity index (χ4v) is 1.50. The van der Waals surface area contributed by atoms with E-state index in [1.54, 1.807) is 24.3 Å². The molecule has 0 saturated heterocycles. The molecule has 20 heavy (non-hydrogen) atoms. The maximum Gasteiger partial charge on any atom is 0.325 e. The first-order valence-electron chi connectivity index (χ1n) is 5.88. The Morgan fingerprint density at radius 2 is 1.85 bits per heavy atom. The van der Waals surface area contributed by atoms with Crippen LogP contribution >= 0.6 is 0 Å². The van der Waals surface area contributed by atoms with E-state index in [1.165, 1.54) is 19.1 Å². The summed E-state index contributed by atoms with van der Waals surface area (Å²) >= 11 is 0. The van der Waals surface area contributed by atoms with Crippen LogP contribution < -0.4 is 11.1 Å². The van der Waals surface area contributed by atoms with Crippen molar-refractivity contribution in [3.8, 4) is 0 Å². The Kier molecular flexibility index (Phi) is 5.52. The van der Waals surface area contributed by atoms with Crippen molar-refractivity contribution >= 4 is 17.9 Å². The van der Waals surface area contributed by atoms with Gasteiger partial charge in [0.15, 0.2) is 0 Å². The molecule has 0 spiro atoms. The average molecular weight is 279 g/mol. The number of likely N-dealkylation sites (N-methyl/N-ethyl adjacent to an activating group) is 1. The normalized spacial score (nSPS) is 9.70. The number of methoxy groups -OCH3 is 1. The number of esters is 1. The molecule has 7 heteroatoms. The molecule has 0 atom stereocenters. The molecule has 1 aromatic carbocycles. The highest BCUT2D eigenvalue weighted by Crippen LogP contribution is 2.07. The molecule has 0 aliphatic rings. The van der Waals surface area contributed by atoms with Crippen molar-refractivity contribution < 1.29 is 19.1 Å². The molecule has 3 N–H and O–H groups in total. The quantitative estimate of drug-likeness (QED) is 0.746. The largest absolute Gasteiger partial charge is 0.468 e. The van der Waals surface area contributed by atoms with E-state index in [-0.39, 0.29) is 12.5 Å². The first-order valence-corrected chi connectivity index (χ1v) is 5.88. The van der Waals surface area contributed by atoms with E-state index >= 15 is 0 Å². The zero-order valence-corrected chi connectivity index (χ0v) is 11.4. The lowest BCUT2D eigenvalue weighted by atomic mass is 10.1. The van der Waals surface area contributed by atoms with Gasteiger partial charge in [-0.1, -0.05) is 12.1 Å². The number of carbonyl (C=O) groups excluding carboxylic acids is 3. The molecule has 1 aromatic rings. The number of benzene rings is 1. The first-order chi connectivity index (χ1) is 9.43. The fraction of sp³-hybridized carbons (Fsp3) is 0.308. The van der Waals surface area contributed by atoms with Crippen molar-refractivity contribution in [1.29, 1.82) is 0 Å². The van der Waals surface area contributed by atoms with E-state index in [1.807, 2.05) is 0 Å². The molecule has 0 fully saturated rings. The summed E-state index contributed by atoms with van der Waals surface area (Å²) < 4.78 is 4.50. The van der Waals surface area contributed by atoms with Crippen molar-refractivity contribution in [1.82, 2.24) is 10.2 Å².